The Hall–Kier alpha value is -3.36. The highest BCUT2D eigenvalue weighted by Gasteiger charge is 2.58. The molecule has 6 rings (SSSR count). The fourth-order valence-electron chi connectivity index (χ4n) is 7.07. The van der Waals surface area contributed by atoms with Gasteiger partial charge in [0.1, 0.15) is 5.82 Å². The fraction of sp³-hybridized carbons (Fsp3) is 0.600. The lowest BCUT2D eigenvalue weighted by Gasteiger charge is -2.59. The summed E-state index contributed by atoms with van der Waals surface area (Å²) in [5.74, 6) is 3.26. The van der Waals surface area contributed by atoms with Gasteiger partial charge in [-0.25, -0.2) is 9.78 Å². The largest absolute Gasteiger partial charge is 0.450 e. The first-order valence-corrected chi connectivity index (χ1v) is 14.5. The molecule has 3 unspecified atom stereocenters. The number of carbonyl (C=O) groups excluding carboxylic acids is 2. The van der Waals surface area contributed by atoms with Crippen LogP contribution in [0.1, 0.15) is 70.4 Å². The second-order valence-corrected chi connectivity index (χ2v) is 11.8. The van der Waals surface area contributed by atoms with Crippen molar-refractivity contribution >= 4 is 29.5 Å². The monoisotopic (exact) mass is 534 g/mol. The van der Waals surface area contributed by atoms with Crippen LogP contribution in [-0.4, -0.2) is 40.7 Å². The van der Waals surface area contributed by atoms with Crippen LogP contribution >= 0.6 is 0 Å². The summed E-state index contributed by atoms with van der Waals surface area (Å²) < 4.78 is 4.94. The molecule has 1 aromatic carbocycles. The Kier molecular flexibility index (Phi) is 7.96. The Morgan fingerprint density at radius 2 is 1.92 bits per heavy atom. The molecule has 9 nitrogen and oxygen atoms in total. The molecule has 1 heterocycles. The van der Waals surface area contributed by atoms with Crippen molar-refractivity contribution in [2.24, 2.45) is 23.2 Å². The minimum atomic E-state index is -0.430. The maximum atomic E-state index is 13.3. The average molecular weight is 535 g/mol. The molecule has 4 bridgehead atoms. The van der Waals surface area contributed by atoms with E-state index in [0.29, 0.717) is 42.9 Å². The Morgan fingerprint density at radius 1 is 1.15 bits per heavy atom. The first-order valence-electron chi connectivity index (χ1n) is 14.5. The van der Waals surface area contributed by atoms with Gasteiger partial charge in [0.2, 0.25) is 11.9 Å². The van der Waals surface area contributed by atoms with Crippen molar-refractivity contribution in [1.82, 2.24) is 20.6 Å². The molecule has 4 fully saturated rings. The Balaban J connectivity index is 1.26. The molecule has 1 aromatic heterocycles. The molecule has 4 N–H and O–H groups in total. The number of hydrogen-bond acceptors (Lipinski definition) is 7. The van der Waals surface area contributed by atoms with Gasteiger partial charge in [0.25, 0.3) is 0 Å². The van der Waals surface area contributed by atoms with Crippen molar-refractivity contribution in [2.45, 2.75) is 84.8 Å². The highest BCUT2D eigenvalue weighted by molar-refractivity contribution is 5.83. The topological polar surface area (TPSA) is 117 Å². The molecule has 210 valence electrons. The third kappa shape index (κ3) is 5.97. The van der Waals surface area contributed by atoms with Crippen molar-refractivity contribution in [1.29, 1.82) is 0 Å². The summed E-state index contributed by atoms with van der Waals surface area (Å²) in [6.45, 7) is 8.75. The van der Waals surface area contributed by atoms with Crippen LogP contribution in [0.15, 0.2) is 30.5 Å². The first-order chi connectivity index (χ1) is 18.8. The maximum absolute atomic E-state index is 13.3. The standard InChI is InChI=1S/C30H42N6O3/c1-5-19(4)33-27(37)30-13-21-10-22(14-30)25(23(11-21)15-30)35-26-18(3)16-31-28(36-26)34-24-9-7-8-20(12-24)17-32-29(38)39-6-2/h7-9,12,16,19,21-23,25H,5-6,10-11,13-15,17H2,1-4H3,(H,32,38)(H,33,37)(H2,31,34,35,36). The van der Waals surface area contributed by atoms with Crippen LogP contribution in [-0.2, 0) is 16.1 Å². The first kappa shape index (κ1) is 27.2. The van der Waals surface area contributed by atoms with Crippen LogP contribution < -0.4 is 21.3 Å². The summed E-state index contributed by atoms with van der Waals surface area (Å²) in [5, 5.41) is 13.2. The second kappa shape index (κ2) is 11.4. The molecule has 0 saturated heterocycles. The van der Waals surface area contributed by atoms with Crippen molar-refractivity contribution in [2.75, 3.05) is 17.2 Å². The SMILES string of the molecule is CCOC(=O)NCc1cccc(Nc2ncc(C)c(NC3C4CC5CC3CC(C(=O)NC(C)CC)(C5)C4)n2)c1. The molecule has 0 aliphatic heterocycles. The zero-order chi connectivity index (χ0) is 27.6. The number of aryl methyl sites for hydroxylation is 1. The quantitative estimate of drug-likeness (QED) is 0.327. The number of alkyl carbamates (subject to hydrolysis) is 1. The van der Waals surface area contributed by atoms with Gasteiger partial charge in [-0.3, -0.25) is 4.79 Å². The molecule has 4 saturated carbocycles. The normalized spacial score (nSPS) is 27.5. The highest BCUT2D eigenvalue weighted by atomic mass is 16.5. The number of nitrogens with one attached hydrogen (secondary N) is 4. The van der Waals surface area contributed by atoms with E-state index in [1.165, 1.54) is 12.8 Å². The van der Waals surface area contributed by atoms with Crippen molar-refractivity contribution in [3.63, 3.8) is 0 Å². The van der Waals surface area contributed by atoms with Gasteiger partial charge in [-0.1, -0.05) is 19.1 Å². The molecular weight excluding hydrogens is 492 g/mol. The molecule has 4 aliphatic rings. The number of amides is 2. The maximum Gasteiger partial charge on any atom is 0.407 e. The summed E-state index contributed by atoms with van der Waals surface area (Å²) in [6.07, 6.45) is 7.72. The van der Waals surface area contributed by atoms with Gasteiger partial charge < -0.3 is 26.0 Å². The summed E-state index contributed by atoms with van der Waals surface area (Å²) in [4.78, 5) is 34.3. The van der Waals surface area contributed by atoms with Crippen molar-refractivity contribution < 1.29 is 14.3 Å². The van der Waals surface area contributed by atoms with Gasteiger partial charge in [0.15, 0.2) is 0 Å². The van der Waals surface area contributed by atoms with E-state index in [1.54, 1.807) is 6.92 Å². The highest BCUT2D eigenvalue weighted by Crippen LogP contribution is 2.60. The summed E-state index contributed by atoms with van der Waals surface area (Å²) in [7, 11) is 0. The summed E-state index contributed by atoms with van der Waals surface area (Å²) >= 11 is 0. The lowest BCUT2D eigenvalue weighted by Crippen LogP contribution is -2.60. The van der Waals surface area contributed by atoms with Gasteiger partial charge in [0, 0.05) is 36.1 Å². The second-order valence-electron chi connectivity index (χ2n) is 11.8. The minimum Gasteiger partial charge on any atom is -0.450 e. The zero-order valence-corrected chi connectivity index (χ0v) is 23.5. The number of anilines is 3. The molecule has 9 heteroatoms. The Bertz CT molecular complexity index is 1190. The molecule has 2 amide bonds. The van der Waals surface area contributed by atoms with E-state index in [0.717, 1.165) is 48.3 Å². The van der Waals surface area contributed by atoms with E-state index in [2.05, 4.69) is 40.1 Å². The number of rotatable bonds is 10. The zero-order valence-electron chi connectivity index (χ0n) is 23.5. The molecule has 3 atom stereocenters. The van der Waals surface area contributed by atoms with Gasteiger partial charge in [-0.15, -0.1) is 0 Å². The van der Waals surface area contributed by atoms with Crippen LogP contribution in [0.25, 0.3) is 0 Å². The number of carbonyl (C=O) groups is 2. The van der Waals surface area contributed by atoms with Gasteiger partial charge in [-0.2, -0.15) is 4.98 Å². The lowest BCUT2D eigenvalue weighted by molar-refractivity contribution is -0.148. The molecular formula is C30H42N6O3. The Labute approximate surface area is 231 Å². The van der Waals surface area contributed by atoms with E-state index < -0.39 is 6.09 Å². The summed E-state index contributed by atoms with van der Waals surface area (Å²) in [6, 6.07) is 8.34. The van der Waals surface area contributed by atoms with E-state index >= 15 is 0 Å². The molecule has 0 spiro atoms. The molecule has 39 heavy (non-hydrogen) atoms. The number of aromatic nitrogens is 2. The lowest BCUT2D eigenvalue weighted by atomic mass is 9.47. The van der Waals surface area contributed by atoms with Crippen LogP contribution in [0, 0.1) is 30.1 Å². The smallest absolute Gasteiger partial charge is 0.407 e. The number of hydrogen-bond donors (Lipinski definition) is 4. The fourth-order valence-corrected chi connectivity index (χ4v) is 7.07. The van der Waals surface area contributed by atoms with Crippen LogP contribution in [0.2, 0.25) is 0 Å². The van der Waals surface area contributed by atoms with Crippen LogP contribution in [0.4, 0.5) is 22.2 Å². The number of ether oxygens (including phenoxy) is 1. The molecule has 4 aliphatic carbocycles. The molecule has 2 aromatic rings. The minimum absolute atomic E-state index is 0.196. The van der Waals surface area contributed by atoms with Gasteiger partial charge >= 0.3 is 6.09 Å². The average Bonchev–Trinajstić information content (AvgIpc) is 2.91. The van der Waals surface area contributed by atoms with Crippen molar-refractivity contribution in [3.05, 3.63) is 41.6 Å². The van der Waals surface area contributed by atoms with E-state index in [-0.39, 0.29) is 17.4 Å². The van der Waals surface area contributed by atoms with Gasteiger partial charge in [0.05, 0.1) is 12.0 Å². The predicted molar refractivity (Wildman–Crippen MR) is 152 cm³/mol. The predicted octanol–water partition coefficient (Wildman–Crippen LogP) is 5.30. The number of nitrogens with zero attached hydrogens (tertiary/aromatic N) is 2. The van der Waals surface area contributed by atoms with E-state index in [1.807, 2.05) is 37.4 Å². The van der Waals surface area contributed by atoms with Gasteiger partial charge in [-0.05, 0) is 94.7 Å². The molecule has 0 radical (unpaired) electrons. The van der Waals surface area contributed by atoms with Crippen LogP contribution in [0.5, 0.6) is 0 Å². The van der Waals surface area contributed by atoms with E-state index in [9.17, 15) is 9.59 Å². The van der Waals surface area contributed by atoms with Crippen LogP contribution in [0.3, 0.4) is 0 Å². The summed E-state index contributed by atoms with van der Waals surface area (Å²) in [5.41, 5.74) is 2.60. The number of benzene rings is 1. The Morgan fingerprint density at radius 3 is 2.64 bits per heavy atom. The third-order valence-electron chi connectivity index (χ3n) is 8.92. The third-order valence-corrected chi connectivity index (χ3v) is 8.92. The van der Waals surface area contributed by atoms with E-state index in [4.69, 9.17) is 9.72 Å². The van der Waals surface area contributed by atoms with Crippen molar-refractivity contribution in [3.8, 4) is 0 Å².